The maximum Gasteiger partial charge on any atom is 0.329 e. The summed E-state index contributed by atoms with van der Waals surface area (Å²) in [5, 5.41) is 11.0. The van der Waals surface area contributed by atoms with Crippen molar-refractivity contribution < 1.29 is 4.92 Å². The Hall–Kier alpha value is -2.26. The van der Waals surface area contributed by atoms with Crippen molar-refractivity contribution in [3.05, 3.63) is 40.6 Å². The molecule has 3 aromatic rings. The highest BCUT2D eigenvalue weighted by molar-refractivity contribution is 8.01. The number of benzene rings is 1. The van der Waals surface area contributed by atoms with Crippen LogP contribution in [0.4, 0.5) is 11.5 Å². The molecular formula is C11H7N5O2S2. The molecule has 0 bridgehead atoms. The number of nitro groups is 1. The molecule has 2 heterocycles. The zero-order valence-corrected chi connectivity index (χ0v) is 11.5. The number of hydrogen-bond donors (Lipinski definition) is 1. The molecule has 1 aromatic carbocycles. The van der Waals surface area contributed by atoms with Crippen LogP contribution in [0.2, 0.25) is 0 Å². The van der Waals surface area contributed by atoms with Crippen molar-refractivity contribution >= 4 is 44.8 Å². The predicted octanol–water partition coefficient (Wildman–Crippen LogP) is 2.73. The standard InChI is InChI=1S/C11H7N5O2S2/c12-9-7(16(17)18)5-13-10(15-9)20-11-14-6-3-1-2-4-8(6)19-11/h1-5H,(H2,12,13,15). The second kappa shape index (κ2) is 5.02. The summed E-state index contributed by atoms with van der Waals surface area (Å²) in [6.45, 7) is 0. The summed E-state index contributed by atoms with van der Waals surface area (Å²) in [4.78, 5) is 22.3. The summed E-state index contributed by atoms with van der Waals surface area (Å²) < 4.78 is 1.82. The van der Waals surface area contributed by atoms with Crippen LogP contribution in [0.25, 0.3) is 10.2 Å². The molecule has 0 radical (unpaired) electrons. The van der Waals surface area contributed by atoms with Gasteiger partial charge >= 0.3 is 5.69 Å². The molecule has 3 rings (SSSR count). The summed E-state index contributed by atoms with van der Waals surface area (Å²) >= 11 is 2.74. The number of anilines is 1. The van der Waals surface area contributed by atoms with Gasteiger partial charge in [-0.15, -0.1) is 11.3 Å². The molecule has 20 heavy (non-hydrogen) atoms. The van der Waals surface area contributed by atoms with Crippen LogP contribution < -0.4 is 5.73 Å². The van der Waals surface area contributed by atoms with E-state index in [9.17, 15) is 10.1 Å². The van der Waals surface area contributed by atoms with Gasteiger partial charge in [-0.25, -0.2) is 9.97 Å². The minimum absolute atomic E-state index is 0.145. The topological polar surface area (TPSA) is 108 Å². The number of thiazole rings is 1. The van der Waals surface area contributed by atoms with Crippen molar-refractivity contribution in [2.24, 2.45) is 0 Å². The third-order valence-electron chi connectivity index (χ3n) is 2.43. The van der Waals surface area contributed by atoms with Crippen LogP contribution in [0.5, 0.6) is 0 Å². The third-order valence-corrected chi connectivity index (χ3v) is 4.40. The minimum Gasteiger partial charge on any atom is -0.378 e. The number of nitrogens with two attached hydrogens (primary N) is 1. The fourth-order valence-corrected chi connectivity index (χ4v) is 3.44. The van der Waals surface area contributed by atoms with E-state index >= 15 is 0 Å². The fourth-order valence-electron chi connectivity index (χ4n) is 1.53. The molecule has 0 amide bonds. The first kappa shape index (κ1) is 12.8. The van der Waals surface area contributed by atoms with Crippen LogP contribution in [0.15, 0.2) is 40.0 Å². The van der Waals surface area contributed by atoms with Crippen LogP contribution in [-0.4, -0.2) is 19.9 Å². The van der Waals surface area contributed by atoms with E-state index in [1.165, 1.54) is 23.1 Å². The van der Waals surface area contributed by atoms with Gasteiger partial charge in [0.25, 0.3) is 0 Å². The monoisotopic (exact) mass is 305 g/mol. The van der Waals surface area contributed by atoms with Gasteiger partial charge in [-0.2, -0.15) is 4.98 Å². The van der Waals surface area contributed by atoms with Crippen molar-refractivity contribution in [3.63, 3.8) is 0 Å². The first-order chi connectivity index (χ1) is 9.63. The van der Waals surface area contributed by atoms with Gasteiger partial charge in [-0.1, -0.05) is 12.1 Å². The van der Waals surface area contributed by atoms with E-state index in [1.54, 1.807) is 0 Å². The molecule has 9 heteroatoms. The van der Waals surface area contributed by atoms with Crippen LogP contribution in [0.3, 0.4) is 0 Å². The number of rotatable bonds is 3. The molecule has 2 N–H and O–H groups in total. The number of hydrogen-bond acceptors (Lipinski definition) is 8. The molecule has 0 saturated carbocycles. The van der Waals surface area contributed by atoms with Crippen LogP contribution in [0, 0.1) is 10.1 Å². The van der Waals surface area contributed by atoms with Gasteiger partial charge in [0.15, 0.2) is 9.50 Å². The average Bonchev–Trinajstić information content (AvgIpc) is 2.80. The van der Waals surface area contributed by atoms with E-state index in [1.807, 2.05) is 24.3 Å². The van der Waals surface area contributed by atoms with E-state index in [-0.39, 0.29) is 11.5 Å². The first-order valence-corrected chi connectivity index (χ1v) is 7.07. The molecule has 0 atom stereocenters. The molecule has 0 aliphatic carbocycles. The molecular weight excluding hydrogens is 298 g/mol. The van der Waals surface area contributed by atoms with Gasteiger partial charge < -0.3 is 5.73 Å². The lowest BCUT2D eigenvalue weighted by molar-refractivity contribution is -0.384. The molecule has 0 aliphatic heterocycles. The highest BCUT2D eigenvalue weighted by Crippen LogP contribution is 2.33. The minimum atomic E-state index is -0.610. The average molecular weight is 305 g/mol. The lowest BCUT2D eigenvalue weighted by atomic mass is 10.3. The van der Waals surface area contributed by atoms with E-state index in [4.69, 9.17) is 5.73 Å². The largest absolute Gasteiger partial charge is 0.378 e. The van der Waals surface area contributed by atoms with E-state index in [2.05, 4.69) is 15.0 Å². The fraction of sp³-hybridized carbons (Fsp3) is 0. The van der Waals surface area contributed by atoms with E-state index < -0.39 is 4.92 Å². The Balaban J connectivity index is 1.90. The number of aromatic nitrogens is 3. The normalized spacial score (nSPS) is 10.8. The maximum atomic E-state index is 10.6. The number of nitrogens with zero attached hydrogens (tertiary/aromatic N) is 4. The Kier molecular flexibility index (Phi) is 3.20. The molecule has 0 aliphatic rings. The van der Waals surface area contributed by atoms with Crippen molar-refractivity contribution in [1.82, 2.24) is 15.0 Å². The first-order valence-electron chi connectivity index (χ1n) is 5.44. The summed E-state index contributed by atoms with van der Waals surface area (Å²) in [6, 6.07) is 7.75. The second-order valence-corrected chi connectivity index (χ2v) is 5.97. The molecule has 0 fully saturated rings. The Morgan fingerprint density at radius 1 is 1.30 bits per heavy atom. The predicted molar refractivity (Wildman–Crippen MR) is 76.8 cm³/mol. The SMILES string of the molecule is Nc1nc(Sc2nc3ccccc3s2)ncc1[N+](=O)[O-]. The van der Waals surface area contributed by atoms with Crippen molar-refractivity contribution in [1.29, 1.82) is 0 Å². The number of para-hydroxylation sites is 1. The van der Waals surface area contributed by atoms with Gasteiger partial charge in [0.05, 0.1) is 15.1 Å². The van der Waals surface area contributed by atoms with Gasteiger partial charge in [0.2, 0.25) is 5.82 Å². The highest BCUT2D eigenvalue weighted by Gasteiger charge is 2.15. The molecule has 0 unspecified atom stereocenters. The molecule has 0 saturated heterocycles. The molecule has 0 spiro atoms. The van der Waals surface area contributed by atoms with Crippen molar-refractivity contribution in [3.8, 4) is 0 Å². The number of fused-ring (bicyclic) bond motifs is 1. The van der Waals surface area contributed by atoms with Crippen molar-refractivity contribution in [2.45, 2.75) is 9.50 Å². The Morgan fingerprint density at radius 3 is 2.80 bits per heavy atom. The summed E-state index contributed by atoms with van der Waals surface area (Å²) in [6.07, 6.45) is 1.11. The van der Waals surface area contributed by atoms with E-state index in [0.717, 1.165) is 20.8 Å². The summed E-state index contributed by atoms with van der Waals surface area (Å²) in [5.41, 5.74) is 6.13. The zero-order chi connectivity index (χ0) is 14.1. The Labute approximate surface area is 121 Å². The lowest BCUT2D eigenvalue weighted by Crippen LogP contribution is -2.00. The van der Waals surface area contributed by atoms with Gasteiger partial charge in [0.1, 0.15) is 6.20 Å². The highest BCUT2D eigenvalue weighted by atomic mass is 32.2. The quantitative estimate of drug-likeness (QED) is 0.450. The third kappa shape index (κ3) is 2.40. The summed E-state index contributed by atoms with van der Waals surface area (Å²) in [7, 11) is 0. The lowest BCUT2D eigenvalue weighted by Gasteiger charge is -1.98. The van der Waals surface area contributed by atoms with Gasteiger partial charge in [0, 0.05) is 0 Å². The molecule has 2 aromatic heterocycles. The van der Waals surface area contributed by atoms with Crippen LogP contribution in [0.1, 0.15) is 0 Å². The maximum absolute atomic E-state index is 10.6. The zero-order valence-electron chi connectivity index (χ0n) is 9.89. The Morgan fingerprint density at radius 2 is 2.10 bits per heavy atom. The van der Waals surface area contributed by atoms with E-state index in [0.29, 0.717) is 5.16 Å². The van der Waals surface area contributed by atoms with Gasteiger partial charge in [-0.05, 0) is 23.9 Å². The summed E-state index contributed by atoms with van der Waals surface area (Å²) in [5.74, 6) is -0.145. The molecule has 7 nitrogen and oxygen atoms in total. The Bertz CT molecular complexity index is 771. The molecule has 100 valence electrons. The van der Waals surface area contributed by atoms with Crippen LogP contribution >= 0.6 is 23.1 Å². The number of nitrogen functional groups attached to an aromatic ring is 1. The van der Waals surface area contributed by atoms with Crippen LogP contribution in [-0.2, 0) is 0 Å². The van der Waals surface area contributed by atoms with Gasteiger partial charge in [-0.3, -0.25) is 10.1 Å². The smallest absolute Gasteiger partial charge is 0.329 e. The van der Waals surface area contributed by atoms with Crippen molar-refractivity contribution in [2.75, 3.05) is 5.73 Å². The second-order valence-electron chi connectivity index (χ2n) is 3.73.